The minimum absolute atomic E-state index is 0.0117. The number of carbonyl (C=O) groups is 1. The van der Waals surface area contributed by atoms with E-state index in [0.29, 0.717) is 0 Å². The number of ketones is 1. The van der Waals surface area contributed by atoms with Crippen LogP contribution in [0.25, 0.3) is 0 Å². The Morgan fingerprint density at radius 3 is 2.13 bits per heavy atom. The average molecular weight is 210 g/mol. The molecule has 0 amide bonds. The standard InChI is InChI=1S/C13H22O2/c1-9(2)7-11(14)10-8-12(3,4)15-13(10,5)6/h7,10H,8H2,1-6H3. The highest BCUT2D eigenvalue weighted by Gasteiger charge is 2.48. The van der Waals surface area contributed by atoms with Gasteiger partial charge >= 0.3 is 0 Å². The Morgan fingerprint density at radius 1 is 1.27 bits per heavy atom. The molecular weight excluding hydrogens is 188 g/mol. The van der Waals surface area contributed by atoms with Crippen molar-refractivity contribution in [1.29, 1.82) is 0 Å². The van der Waals surface area contributed by atoms with Crippen LogP contribution in [0, 0.1) is 5.92 Å². The summed E-state index contributed by atoms with van der Waals surface area (Å²) in [6.07, 6.45) is 2.54. The van der Waals surface area contributed by atoms with E-state index in [0.717, 1.165) is 12.0 Å². The van der Waals surface area contributed by atoms with E-state index >= 15 is 0 Å². The summed E-state index contributed by atoms with van der Waals surface area (Å²) in [4.78, 5) is 12.0. The Labute approximate surface area is 92.7 Å². The molecule has 0 aliphatic carbocycles. The minimum Gasteiger partial charge on any atom is -0.369 e. The van der Waals surface area contributed by atoms with E-state index in [4.69, 9.17) is 4.74 Å². The lowest BCUT2D eigenvalue weighted by atomic mass is 9.83. The summed E-state index contributed by atoms with van der Waals surface area (Å²) in [5, 5.41) is 0. The van der Waals surface area contributed by atoms with Crippen LogP contribution in [0.15, 0.2) is 11.6 Å². The lowest BCUT2D eigenvalue weighted by Crippen LogP contribution is -2.33. The zero-order valence-corrected chi connectivity index (χ0v) is 10.7. The summed E-state index contributed by atoms with van der Waals surface area (Å²) in [5.41, 5.74) is 0.534. The van der Waals surface area contributed by atoms with Gasteiger partial charge < -0.3 is 4.74 Å². The van der Waals surface area contributed by atoms with Crippen LogP contribution < -0.4 is 0 Å². The van der Waals surface area contributed by atoms with Gasteiger partial charge in [0, 0.05) is 0 Å². The predicted octanol–water partition coefficient (Wildman–Crippen LogP) is 3.12. The molecule has 1 atom stereocenters. The lowest BCUT2D eigenvalue weighted by Gasteiger charge is -2.26. The van der Waals surface area contributed by atoms with Gasteiger partial charge in [-0.2, -0.15) is 0 Å². The van der Waals surface area contributed by atoms with Gasteiger partial charge in [-0.05, 0) is 54.0 Å². The van der Waals surface area contributed by atoms with Crippen molar-refractivity contribution in [2.75, 3.05) is 0 Å². The third-order valence-electron chi connectivity index (χ3n) is 2.85. The van der Waals surface area contributed by atoms with Crippen molar-refractivity contribution in [2.24, 2.45) is 5.92 Å². The molecule has 1 aliphatic rings. The molecule has 1 fully saturated rings. The van der Waals surface area contributed by atoms with Gasteiger partial charge in [-0.25, -0.2) is 0 Å². The van der Waals surface area contributed by atoms with Crippen molar-refractivity contribution in [3.8, 4) is 0 Å². The molecule has 2 nitrogen and oxygen atoms in total. The monoisotopic (exact) mass is 210 g/mol. The zero-order valence-electron chi connectivity index (χ0n) is 10.7. The molecule has 0 aromatic heterocycles. The van der Waals surface area contributed by atoms with E-state index in [1.807, 2.05) is 41.5 Å². The highest BCUT2D eigenvalue weighted by atomic mass is 16.5. The lowest BCUT2D eigenvalue weighted by molar-refractivity contribution is -0.124. The molecule has 86 valence electrons. The second-order valence-corrected chi connectivity index (χ2v) is 5.85. The number of carbonyl (C=O) groups excluding carboxylic acids is 1. The number of rotatable bonds is 2. The quantitative estimate of drug-likeness (QED) is 0.655. The fraction of sp³-hybridized carbons (Fsp3) is 0.769. The van der Waals surface area contributed by atoms with Gasteiger partial charge in [0.05, 0.1) is 17.1 Å². The van der Waals surface area contributed by atoms with Gasteiger partial charge in [0.25, 0.3) is 0 Å². The van der Waals surface area contributed by atoms with E-state index in [9.17, 15) is 4.79 Å². The number of hydrogen-bond donors (Lipinski definition) is 0. The molecular formula is C13H22O2. The highest BCUT2D eigenvalue weighted by molar-refractivity contribution is 5.93. The predicted molar refractivity (Wildman–Crippen MR) is 61.8 cm³/mol. The third kappa shape index (κ3) is 2.91. The summed E-state index contributed by atoms with van der Waals surface area (Å²) in [6.45, 7) is 12.0. The summed E-state index contributed by atoms with van der Waals surface area (Å²) in [7, 11) is 0. The van der Waals surface area contributed by atoms with E-state index in [-0.39, 0.29) is 22.9 Å². The van der Waals surface area contributed by atoms with Crippen LogP contribution in [0.4, 0.5) is 0 Å². The second-order valence-electron chi connectivity index (χ2n) is 5.85. The van der Waals surface area contributed by atoms with E-state index in [2.05, 4.69) is 0 Å². The zero-order chi connectivity index (χ0) is 11.9. The van der Waals surface area contributed by atoms with Gasteiger partial charge in [0.2, 0.25) is 0 Å². The molecule has 0 saturated carbocycles. The molecule has 15 heavy (non-hydrogen) atoms. The number of hydrogen-bond acceptors (Lipinski definition) is 2. The molecule has 1 aliphatic heterocycles. The van der Waals surface area contributed by atoms with Gasteiger partial charge in [-0.15, -0.1) is 0 Å². The van der Waals surface area contributed by atoms with Crippen molar-refractivity contribution in [3.05, 3.63) is 11.6 Å². The van der Waals surface area contributed by atoms with E-state index in [1.165, 1.54) is 0 Å². The van der Waals surface area contributed by atoms with Gasteiger partial charge in [0.15, 0.2) is 5.78 Å². The van der Waals surface area contributed by atoms with Crippen molar-refractivity contribution < 1.29 is 9.53 Å². The molecule has 1 rings (SSSR count). The average Bonchev–Trinajstić information content (AvgIpc) is 2.17. The highest BCUT2D eigenvalue weighted by Crippen LogP contribution is 2.42. The van der Waals surface area contributed by atoms with Crippen molar-refractivity contribution in [3.63, 3.8) is 0 Å². The summed E-state index contributed by atoms with van der Waals surface area (Å²) >= 11 is 0. The van der Waals surface area contributed by atoms with Gasteiger partial charge in [0.1, 0.15) is 0 Å². The summed E-state index contributed by atoms with van der Waals surface area (Å²) in [5.74, 6) is 0.188. The molecule has 0 spiro atoms. The maximum absolute atomic E-state index is 12.0. The SMILES string of the molecule is CC(C)=CC(=O)C1CC(C)(C)OC1(C)C. The minimum atomic E-state index is -0.341. The third-order valence-corrected chi connectivity index (χ3v) is 2.85. The van der Waals surface area contributed by atoms with E-state index in [1.54, 1.807) is 6.08 Å². The molecule has 0 bridgehead atoms. The molecule has 0 aromatic rings. The number of ether oxygens (including phenoxy) is 1. The molecule has 1 heterocycles. The molecule has 2 heteroatoms. The molecule has 0 N–H and O–H groups in total. The van der Waals surface area contributed by atoms with Crippen molar-refractivity contribution in [2.45, 2.75) is 59.2 Å². The molecule has 1 unspecified atom stereocenters. The first-order chi connectivity index (χ1) is 6.64. The Kier molecular flexibility index (Phi) is 3.11. The first kappa shape index (κ1) is 12.4. The Balaban J connectivity index is 2.88. The van der Waals surface area contributed by atoms with Gasteiger partial charge in [-0.3, -0.25) is 4.79 Å². The molecule has 1 saturated heterocycles. The molecule has 0 aromatic carbocycles. The van der Waals surface area contributed by atoms with Gasteiger partial charge in [-0.1, -0.05) is 5.57 Å². The van der Waals surface area contributed by atoms with Crippen molar-refractivity contribution in [1.82, 2.24) is 0 Å². The largest absolute Gasteiger partial charge is 0.369 e. The fourth-order valence-corrected chi connectivity index (χ4v) is 2.39. The second kappa shape index (κ2) is 3.75. The van der Waals surface area contributed by atoms with Crippen LogP contribution in [-0.4, -0.2) is 17.0 Å². The van der Waals surface area contributed by atoms with Crippen LogP contribution in [0.3, 0.4) is 0 Å². The first-order valence-corrected chi connectivity index (χ1v) is 5.53. The summed E-state index contributed by atoms with van der Waals surface area (Å²) in [6, 6.07) is 0. The Morgan fingerprint density at radius 2 is 1.80 bits per heavy atom. The van der Waals surface area contributed by atoms with Crippen LogP contribution in [0.2, 0.25) is 0 Å². The topological polar surface area (TPSA) is 26.3 Å². The van der Waals surface area contributed by atoms with Crippen LogP contribution in [0.1, 0.15) is 48.0 Å². The normalized spacial score (nSPS) is 27.5. The maximum atomic E-state index is 12.0. The summed E-state index contributed by atoms with van der Waals surface area (Å²) < 4.78 is 5.90. The smallest absolute Gasteiger partial charge is 0.161 e. The first-order valence-electron chi connectivity index (χ1n) is 5.53. The Hall–Kier alpha value is -0.630. The number of allylic oxidation sites excluding steroid dienone is 2. The molecule has 0 radical (unpaired) electrons. The fourth-order valence-electron chi connectivity index (χ4n) is 2.39. The van der Waals surface area contributed by atoms with Crippen LogP contribution in [0.5, 0.6) is 0 Å². The maximum Gasteiger partial charge on any atom is 0.161 e. The van der Waals surface area contributed by atoms with Crippen LogP contribution >= 0.6 is 0 Å². The Bertz CT molecular complexity index is 294. The van der Waals surface area contributed by atoms with Crippen molar-refractivity contribution >= 4 is 5.78 Å². The van der Waals surface area contributed by atoms with E-state index < -0.39 is 0 Å². The van der Waals surface area contributed by atoms with Crippen LogP contribution in [-0.2, 0) is 9.53 Å².